The molecule has 0 bridgehead atoms. The summed E-state index contributed by atoms with van der Waals surface area (Å²) >= 11 is 1.54. The second-order valence-electron chi connectivity index (χ2n) is 5.96. The molecule has 8 heteroatoms. The van der Waals surface area contributed by atoms with E-state index in [-0.39, 0.29) is 16.5 Å². The number of hydrogen-bond donors (Lipinski definition) is 2. The van der Waals surface area contributed by atoms with Gasteiger partial charge in [-0.15, -0.1) is 11.3 Å². The highest BCUT2D eigenvalue weighted by molar-refractivity contribution is 7.92. The maximum absolute atomic E-state index is 12.8. The molecule has 0 aliphatic heterocycles. The molecule has 0 fully saturated rings. The van der Waals surface area contributed by atoms with E-state index in [0.717, 1.165) is 4.88 Å². The van der Waals surface area contributed by atoms with Crippen molar-refractivity contribution in [2.75, 3.05) is 17.1 Å². The van der Waals surface area contributed by atoms with Crippen LogP contribution in [0.15, 0.2) is 64.9 Å². The van der Waals surface area contributed by atoms with Crippen LogP contribution in [-0.4, -0.2) is 21.4 Å². The van der Waals surface area contributed by atoms with Crippen molar-refractivity contribution in [3.05, 3.63) is 70.4 Å². The van der Waals surface area contributed by atoms with Crippen LogP contribution in [0.4, 0.5) is 11.4 Å². The minimum absolute atomic E-state index is 0.00266. The molecule has 1 heterocycles. The summed E-state index contributed by atoms with van der Waals surface area (Å²) in [5.41, 5.74) is 1.35. The van der Waals surface area contributed by atoms with E-state index >= 15 is 0 Å². The number of sulfonamides is 1. The van der Waals surface area contributed by atoms with Crippen LogP contribution in [0.3, 0.4) is 0 Å². The van der Waals surface area contributed by atoms with Gasteiger partial charge < -0.3 is 10.1 Å². The van der Waals surface area contributed by atoms with Crippen LogP contribution in [0.25, 0.3) is 0 Å². The van der Waals surface area contributed by atoms with Gasteiger partial charge in [-0.3, -0.25) is 9.52 Å². The lowest BCUT2D eigenvalue weighted by Gasteiger charge is -2.13. The third-order valence-corrected chi connectivity index (χ3v) is 5.92. The third kappa shape index (κ3) is 5.38. The Labute approximate surface area is 173 Å². The van der Waals surface area contributed by atoms with E-state index in [1.165, 1.54) is 43.6 Å². The van der Waals surface area contributed by atoms with Gasteiger partial charge in [0.2, 0.25) is 5.91 Å². The summed E-state index contributed by atoms with van der Waals surface area (Å²) in [6.45, 7) is 1.33. The summed E-state index contributed by atoms with van der Waals surface area (Å²) < 4.78 is 33.3. The lowest BCUT2D eigenvalue weighted by molar-refractivity contribution is -0.114. The average molecular weight is 427 g/mol. The molecule has 1 aromatic heterocycles. The molecular weight excluding hydrogens is 408 g/mol. The maximum Gasteiger partial charge on any atom is 0.261 e. The van der Waals surface area contributed by atoms with E-state index in [1.54, 1.807) is 24.3 Å². The summed E-state index contributed by atoms with van der Waals surface area (Å²) in [6.07, 6.45) is 0. The Kier molecular flexibility index (Phi) is 6.22. The van der Waals surface area contributed by atoms with E-state index in [4.69, 9.17) is 4.74 Å². The highest BCUT2D eigenvalue weighted by atomic mass is 32.2. The molecule has 1 amide bonds. The number of thiophene rings is 1. The third-order valence-electron chi connectivity index (χ3n) is 3.76. The Bertz CT molecular complexity index is 1190. The Morgan fingerprint density at radius 2 is 1.90 bits per heavy atom. The molecule has 2 N–H and O–H groups in total. The number of nitrogens with one attached hydrogen (secondary N) is 2. The molecule has 29 heavy (non-hydrogen) atoms. The number of anilines is 2. The van der Waals surface area contributed by atoms with Crippen LogP contribution in [0, 0.1) is 11.8 Å². The fourth-order valence-electron chi connectivity index (χ4n) is 2.50. The first-order chi connectivity index (χ1) is 13.9. The second kappa shape index (κ2) is 8.82. The predicted molar refractivity (Wildman–Crippen MR) is 115 cm³/mol. The lowest BCUT2D eigenvalue weighted by Crippen LogP contribution is -2.14. The lowest BCUT2D eigenvalue weighted by atomic mass is 10.2. The number of methoxy groups -OCH3 is 1. The molecule has 2 aromatic carbocycles. The molecule has 0 spiro atoms. The maximum atomic E-state index is 12.8. The predicted octanol–water partition coefficient (Wildman–Crippen LogP) is 3.92. The first-order valence-corrected chi connectivity index (χ1v) is 10.9. The monoisotopic (exact) mass is 426 g/mol. The van der Waals surface area contributed by atoms with Crippen LogP contribution >= 0.6 is 11.3 Å². The van der Waals surface area contributed by atoms with Crippen LogP contribution in [0.5, 0.6) is 5.75 Å². The topological polar surface area (TPSA) is 84.5 Å². The fraction of sp³-hybridized carbons (Fsp3) is 0.0952. The molecular formula is C21H18N2O4S2. The number of amides is 1. The molecule has 0 aliphatic carbocycles. The number of hydrogen-bond acceptors (Lipinski definition) is 5. The van der Waals surface area contributed by atoms with Crippen molar-refractivity contribution in [2.45, 2.75) is 11.8 Å². The second-order valence-corrected chi connectivity index (χ2v) is 8.59. The standard InChI is InChI=1S/C21H18N2O4S2/c1-15(24)22-20-14-19(10-11-21(20)27-2)29(25,26)23-17-6-3-5-16(13-17)8-9-18-7-4-12-28-18/h3-7,10-14,23H,1-2H3,(H,22,24). The van der Waals surface area contributed by atoms with Gasteiger partial charge in [0.1, 0.15) is 5.75 Å². The summed E-state index contributed by atoms with van der Waals surface area (Å²) in [6, 6.07) is 14.9. The summed E-state index contributed by atoms with van der Waals surface area (Å²) in [5.74, 6) is 6.09. The van der Waals surface area contributed by atoms with Gasteiger partial charge in [0.25, 0.3) is 10.0 Å². The van der Waals surface area contributed by atoms with Crippen molar-refractivity contribution in [1.29, 1.82) is 0 Å². The highest BCUT2D eigenvalue weighted by Gasteiger charge is 2.17. The zero-order valence-corrected chi connectivity index (χ0v) is 17.4. The number of ether oxygens (including phenoxy) is 1. The summed E-state index contributed by atoms with van der Waals surface area (Å²) in [7, 11) is -2.43. The summed E-state index contributed by atoms with van der Waals surface area (Å²) in [4.78, 5) is 12.3. The van der Waals surface area contributed by atoms with Gasteiger partial charge in [-0.25, -0.2) is 8.42 Å². The first-order valence-electron chi connectivity index (χ1n) is 8.51. The van der Waals surface area contributed by atoms with Crippen molar-refractivity contribution in [2.24, 2.45) is 0 Å². The molecule has 3 aromatic rings. The minimum Gasteiger partial charge on any atom is -0.495 e. The Balaban J connectivity index is 1.86. The zero-order chi connectivity index (χ0) is 20.9. The van der Waals surface area contributed by atoms with E-state index in [9.17, 15) is 13.2 Å². The van der Waals surface area contributed by atoms with Crippen LogP contribution < -0.4 is 14.8 Å². The fourth-order valence-corrected chi connectivity index (χ4v) is 4.15. The molecule has 0 unspecified atom stereocenters. The number of benzene rings is 2. The Morgan fingerprint density at radius 3 is 2.59 bits per heavy atom. The summed E-state index contributed by atoms with van der Waals surface area (Å²) in [5, 5.41) is 4.51. The van der Waals surface area contributed by atoms with Crippen molar-refractivity contribution in [3.63, 3.8) is 0 Å². The van der Waals surface area contributed by atoms with Gasteiger partial charge in [0.15, 0.2) is 0 Å². The molecule has 0 saturated carbocycles. The van der Waals surface area contributed by atoms with E-state index in [2.05, 4.69) is 21.9 Å². The molecule has 0 radical (unpaired) electrons. The SMILES string of the molecule is COc1ccc(S(=O)(=O)Nc2cccc(C#Cc3cccs3)c2)cc1NC(C)=O. The molecule has 6 nitrogen and oxygen atoms in total. The van der Waals surface area contributed by atoms with Gasteiger partial charge >= 0.3 is 0 Å². The van der Waals surface area contributed by atoms with Gasteiger partial charge in [0, 0.05) is 12.5 Å². The Hall–Kier alpha value is -3.28. The number of carbonyl (C=O) groups is 1. The van der Waals surface area contributed by atoms with Crippen molar-refractivity contribution in [1.82, 2.24) is 0 Å². The first kappa shape index (κ1) is 20.5. The zero-order valence-electron chi connectivity index (χ0n) is 15.7. The average Bonchev–Trinajstić information content (AvgIpc) is 3.19. The Morgan fingerprint density at radius 1 is 1.07 bits per heavy atom. The smallest absolute Gasteiger partial charge is 0.261 e. The number of rotatable bonds is 5. The quantitative estimate of drug-likeness (QED) is 0.606. The molecule has 148 valence electrons. The highest BCUT2D eigenvalue weighted by Crippen LogP contribution is 2.28. The van der Waals surface area contributed by atoms with Crippen LogP contribution in [0.1, 0.15) is 17.4 Å². The van der Waals surface area contributed by atoms with E-state index < -0.39 is 10.0 Å². The van der Waals surface area contributed by atoms with Crippen molar-refractivity contribution < 1.29 is 17.9 Å². The van der Waals surface area contributed by atoms with E-state index in [1.807, 2.05) is 17.5 Å². The van der Waals surface area contributed by atoms with E-state index in [0.29, 0.717) is 17.0 Å². The number of carbonyl (C=O) groups excluding carboxylic acids is 1. The van der Waals surface area contributed by atoms with Crippen molar-refractivity contribution >= 4 is 38.6 Å². The minimum atomic E-state index is -3.87. The van der Waals surface area contributed by atoms with Crippen molar-refractivity contribution in [3.8, 4) is 17.6 Å². The van der Waals surface area contributed by atoms with Crippen LogP contribution in [0.2, 0.25) is 0 Å². The van der Waals surface area contributed by atoms with Crippen LogP contribution in [-0.2, 0) is 14.8 Å². The molecule has 3 rings (SSSR count). The molecule has 0 atom stereocenters. The van der Waals surface area contributed by atoms with Gasteiger partial charge in [-0.05, 0) is 47.8 Å². The van der Waals surface area contributed by atoms with Gasteiger partial charge in [-0.2, -0.15) is 0 Å². The van der Waals surface area contributed by atoms with Gasteiger partial charge in [0.05, 0.1) is 28.3 Å². The molecule has 0 aliphatic rings. The van der Waals surface area contributed by atoms with Gasteiger partial charge in [-0.1, -0.05) is 24.0 Å². The largest absolute Gasteiger partial charge is 0.495 e. The normalized spacial score (nSPS) is 10.6. The molecule has 0 saturated heterocycles.